The monoisotopic (exact) mass is 809 g/mol. The maximum atomic E-state index is 13.1. The summed E-state index contributed by atoms with van der Waals surface area (Å²) in [5, 5.41) is 21.7. The van der Waals surface area contributed by atoms with Crippen molar-refractivity contribution >= 4 is 47.1 Å². The number of carbonyl (C=O) groups excluding carboxylic acids is 3. The van der Waals surface area contributed by atoms with E-state index in [-0.39, 0.29) is 24.1 Å². The molecule has 0 spiro atoms. The number of rotatable bonds is 14. The van der Waals surface area contributed by atoms with Crippen molar-refractivity contribution in [2.45, 2.75) is 58.0 Å². The lowest BCUT2D eigenvalue weighted by molar-refractivity contribution is -0.136. The molecule has 4 aliphatic rings. The number of nitrogens with one attached hydrogen (secondary N) is 1. The molecular weight excluding hydrogens is 753 g/mol. The van der Waals surface area contributed by atoms with Crippen LogP contribution in [0.1, 0.15) is 78.1 Å². The van der Waals surface area contributed by atoms with Crippen LogP contribution in [-0.4, -0.2) is 115 Å². The summed E-state index contributed by atoms with van der Waals surface area (Å²) in [5.74, 6) is 0.821. The molecular formula is C48H56BN5O6. The zero-order chi connectivity index (χ0) is 41.6. The number of piperazine rings is 1. The lowest BCUT2D eigenvalue weighted by Gasteiger charge is -2.37. The van der Waals surface area contributed by atoms with Crippen molar-refractivity contribution < 1.29 is 29.2 Å². The largest absolute Gasteiger partial charge is 0.492 e. The molecule has 3 N–H and O–H groups in total. The molecule has 12 heteroatoms. The van der Waals surface area contributed by atoms with Crippen LogP contribution in [-0.2, 0) is 16.1 Å². The predicted molar refractivity (Wildman–Crippen MR) is 236 cm³/mol. The number of anilines is 1. The number of carbonyl (C=O) groups is 3. The van der Waals surface area contributed by atoms with E-state index >= 15 is 0 Å². The number of ether oxygens (including phenoxy) is 1. The summed E-state index contributed by atoms with van der Waals surface area (Å²) in [6.45, 7) is 11.4. The van der Waals surface area contributed by atoms with Gasteiger partial charge in [-0.05, 0) is 127 Å². The molecule has 0 saturated carbocycles. The van der Waals surface area contributed by atoms with E-state index in [1.54, 1.807) is 17.0 Å². The summed E-state index contributed by atoms with van der Waals surface area (Å²) in [6, 6.07) is 31.7. The van der Waals surface area contributed by atoms with Gasteiger partial charge in [-0.15, -0.1) is 0 Å². The van der Waals surface area contributed by atoms with E-state index in [0.29, 0.717) is 30.6 Å². The average molecular weight is 810 g/mol. The van der Waals surface area contributed by atoms with Gasteiger partial charge in [0.1, 0.15) is 18.4 Å². The number of piperidine rings is 2. The lowest BCUT2D eigenvalue weighted by Crippen LogP contribution is -2.52. The second kappa shape index (κ2) is 19.0. The number of fused-ring (bicyclic) bond motifs is 1. The first kappa shape index (κ1) is 41.5. The van der Waals surface area contributed by atoms with Crippen LogP contribution in [0.15, 0.2) is 97.1 Å². The number of nitrogens with zero attached hydrogens (tertiary/aromatic N) is 4. The minimum absolute atomic E-state index is 0.127. The Morgan fingerprint density at radius 3 is 2.12 bits per heavy atom. The number of benzene rings is 4. The molecule has 4 aliphatic heterocycles. The van der Waals surface area contributed by atoms with Gasteiger partial charge in [-0.25, -0.2) is 0 Å². The fourth-order valence-electron chi connectivity index (χ4n) is 9.36. The highest BCUT2D eigenvalue weighted by atomic mass is 16.5. The number of hydrogen-bond acceptors (Lipinski definition) is 9. The van der Waals surface area contributed by atoms with Crippen molar-refractivity contribution in [3.8, 4) is 5.75 Å². The van der Waals surface area contributed by atoms with Gasteiger partial charge >= 0.3 is 7.12 Å². The van der Waals surface area contributed by atoms with Crippen LogP contribution in [0.2, 0.25) is 0 Å². The molecule has 60 heavy (non-hydrogen) atoms. The molecule has 4 heterocycles. The Morgan fingerprint density at radius 2 is 1.45 bits per heavy atom. The van der Waals surface area contributed by atoms with Gasteiger partial charge in [0.2, 0.25) is 11.8 Å². The standard InChI is InChI=1S/C48H56BN5O6/c1-2-42(35-6-4-3-5-7-35)46(36-8-12-39(13-9-36)49(58)59)37-10-15-41(16-11-37)60-31-30-51-23-20-34(21-24-51)22-25-52-26-28-53(29-27-52)40-14-17-43-38(32-40)33-54(48(43)57)44-18-19-45(55)50-47(44)56/h3-17,32,34,44,58-59H,2,18-31,33H2,1H3,(H,50,55,56)/b46-42-. The molecule has 8 rings (SSSR count). The summed E-state index contributed by atoms with van der Waals surface area (Å²) < 4.78 is 6.25. The molecule has 11 nitrogen and oxygen atoms in total. The third-order valence-electron chi connectivity index (χ3n) is 12.9. The number of likely N-dealkylation sites (tertiary alicyclic amines) is 1. The Morgan fingerprint density at radius 1 is 0.767 bits per heavy atom. The minimum Gasteiger partial charge on any atom is -0.492 e. The second-order valence-corrected chi connectivity index (χ2v) is 16.6. The van der Waals surface area contributed by atoms with E-state index in [4.69, 9.17) is 4.74 Å². The third kappa shape index (κ3) is 9.52. The first-order valence-corrected chi connectivity index (χ1v) is 21.7. The third-order valence-corrected chi connectivity index (χ3v) is 12.9. The summed E-state index contributed by atoms with van der Waals surface area (Å²) in [7, 11) is -1.50. The molecule has 3 amide bonds. The van der Waals surface area contributed by atoms with E-state index in [1.165, 1.54) is 30.4 Å². The van der Waals surface area contributed by atoms with Crippen LogP contribution in [0.25, 0.3) is 11.1 Å². The smallest absolute Gasteiger partial charge is 0.488 e. The maximum absolute atomic E-state index is 13.1. The average Bonchev–Trinajstić information content (AvgIpc) is 3.60. The molecule has 3 saturated heterocycles. The predicted octanol–water partition coefficient (Wildman–Crippen LogP) is 4.80. The zero-order valence-electron chi connectivity index (χ0n) is 34.6. The molecule has 0 aliphatic carbocycles. The fourth-order valence-corrected chi connectivity index (χ4v) is 9.36. The number of imide groups is 1. The van der Waals surface area contributed by atoms with Gasteiger partial charge in [0, 0.05) is 56.9 Å². The Hall–Kier alpha value is -5.27. The quantitative estimate of drug-likeness (QED) is 0.0937. The highest BCUT2D eigenvalue weighted by molar-refractivity contribution is 6.58. The summed E-state index contributed by atoms with van der Waals surface area (Å²) in [5.41, 5.74) is 8.83. The second-order valence-electron chi connectivity index (χ2n) is 16.6. The van der Waals surface area contributed by atoms with Crippen molar-refractivity contribution in [2.24, 2.45) is 5.92 Å². The summed E-state index contributed by atoms with van der Waals surface area (Å²) >= 11 is 0. The number of hydrogen-bond donors (Lipinski definition) is 3. The van der Waals surface area contributed by atoms with Gasteiger partial charge in [0.25, 0.3) is 5.91 Å². The molecule has 312 valence electrons. The number of allylic oxidation sites excluding steroid dienone is 1. The van der Waals surface area contributed by atoms with E-state index in [0.717, 1.165) is 98.4 Å². The molecule has 0 radical (unpaired) electrons. The van der Waals surface area contributed by atoms with E-state index < -0.39 is 13.2 Å². The molecule has 4 aromatic rings. The van der Waals surface area contributed by atoms with Crippen LogP contribution in [0.4, 0.5) is 5.69 Å². The fraction of sp³-hybridized carbons (Fsp3) is 0.396. The van der Waals surface area contributed by atoms with Crippen LogP contribution in [0.3, 0.4) is 0 Å². The minimum atomic E-state index is -1.50. The lowest BCUT2D eigenvalue weighted by atomic mass is 9.79. The van der Waals surface area contributed by atoms with Crippen molar-refractivity contribution in [2.75, 3.05) is 63.9 Å². The van der Waals surface area contributed by atoms with Crippen LogP contribution in [0, 0.1) is 5.92 Å². The van der Waals surface area contributed by atoms with Crippen LogP contribution in [0.5, 0.6) is 5.75 Å². The Bertz CT molecular complexity index is 2160. The Labute approximate surface area is 353 Å². The SMILES string of the molecule is CC/C(=C(/c1ccc(OCCN2CCC(CCN3CCN(c4ccc5c(c4)CN(C4CCC(=O)NC4=O)C5=O)CC3)CC2)cc1)c1ccc(B(O)O)cc1)c1ccccc1. The molecule has 0 bridgehead atoms. The Kier molecular flexibility index (Phi) is 13.1. The zero-order valence-corrected chi connectivity index (χ0v) is 34.6. The van der Waals surface area contributed by atoms with Gasteiger partial charge in [-0.3, -0.25) is 29.5 Å². The first-order valence-electron chi connectivity index (χ1n) is 21.7. The molecule has 0 aromatic heterocycles. The van der Waals surface area contributed by atoms with Crippen molar-refractivity contribution in [3.05, 3.63) is 125 Å². The molecule has 1 unspecified atom stereocenters. The van der Waals surface area contributed by atoms with E-state index in [9.17, 15) is 24.4 Å². The van der Waals surface area contributed by atoms with Crippen molar-refractivity contribution in [3.63, 3.8) is 0 Å². The Balaban J connectivity index is 0.766. The van der Waals surface area contributed by atoms with E-state index in [1.807, 2.05) is 30.3 Å². The van der Waals surface area contributed by atoms with Gasteiger partial charge in [-0.2, -0.15) is 0 Å². The topological polar surface area (TPSA) is 126 Å². The highest BCUT2D eigenvalue weighted by Gasteiger charge is 2.39. The van der Waals surface area contributed by atoms with Crippen LogP contribution < -0.4 is 20.4 Å². The van der Waals surface area contributed by atoms with Crippen LogP contribution >= 0.6 is 0 Å². The highest BCUT2D eigenvalue weighted by Crippen LogP contribution is 2.35. The molecule has 4 aromatic carbocycles. The summed E-state index contributed by atoms with van der Waals surface area (Å²) in [6.07, 6.45) is 5.13. The normalized spacial score (nSPS) is 19.6. The van der Waals surface area contributed by atoms with Crippen molar-refractivity contribution in [1.82, 2.24) is 20.0 Å². The van der Waals surface area contributed by atoms with Gasteiger partial charge in [0.05, 0.1) is 0 Å². The van der Waals surface area contributed by atoms with E-state index in [2.05, 4.69) is 81.5 Å². The maximum Gasteiger partial charge on any atom is 0.488 e. The van der Waals surface area contributed by atoms with Gasteiger partial charge in [-0.1, -0.05) is 73.7 Å². The summed E-state index contributed by atoms with van der Waals surface area (Å²) in [4.78, 5) is 46.3. The first-order chi connectivity index (χ1) is 29.2. The molecule has 1 atom stereocenters. The molecule has 3 fully saturated rings. The van der Waals surface area contributed by atoms with Gasteiger partial charge < -0.3 is 24.6 Å². The van der Waals surface area contributed by atoms with Crippen molar-refractivity contribution in [1.29, 1.82) is 0 Å². The van der Waals surface area contributed by atoms with Gasteiger partial charge in [0.15, 0.2) is 0 Å². The number of amides is 3.